The van der Waals surface area contributed by atoms with Gasteiger partial charge in [-0.15, -0.1) is 0 Å². The van der Waals surface area contributed by atoms with E-state index >= 15 is 0 Å². The van der Waals surface area contributed by atoms with Crippen LogP contribution in [0.3, 0.4) is 0 Å². The topological polar surface area (TPSA) is 71.5 Å². The molecule has 0 bridgehead atoms. The molecule has 2 aromatic rings. The number of nitrogens with one attached hydrogen (secondary N) is 1. The van der Waals surface area contributed by atoms with E-state index in [0.717, 1.165) is 91.5 Å². The van der Waals surface area contributed by atoms with Gasteiger partial charge in [0.2, 0.25) is 5.91 Å². The lowest BCUT2D eigenvalue weighted by Crippen LogP contribution is -2.36. The molecule has 1 aromatic heterocycles. The van der Waals surface area contributed by atoms with Crippen LogP contribution in [-0.2, 0) is 17.6 Å². The molecule has 1 amide bonds. The second kappa shape index (κ2) is 14.9. The number of amides is 1. The third kappa shape index (κ3) is 9.39. The first kappa shape index (κ1) is 31.2. The van der Waals surface area contributed by atoms with Crippen LogP contribution in [0, 0.1) is 13.8 Å². The molecule has 0 spiro atoms. The first-order valence-corrected chi connectivity index (χ1v) is 14.7. The van der Waals surface area contributed by atoms with Crippen molar-refractivity contribution < 1.29 is 14.6 Å². The number of ether oxygens (including phenoxy) is 1. The Morgan fingerprint density at radius 1 is 1.07 bits per heavy atom. The standard InChI is InChI=1S/C35H48N2O3/c1-25(14-10-16-27(3)34(39)37-23-19-30-17-7-8-22-36-30)12-9-13-26(2)15-11-20-35(6)21-18-31-29(5)32(38)24-28(4)33(31)40-35/h7-8,12,15-17,22,24,38H,9-11,13-14,18-21,23H2,1-6H3,(H,37,39)/b25-12+,26-15+,27-16+. The quantitative estimate of drug-likeness (QED) is 0.198. The van der Waals surface area contributed by atoms with Gasteiger partial charge in [0.1, 0.15) is 17.1 Å². The van der Waals surface area contributed by atoms with Crippen LogP contribution in [0.15, 0.2) is 65.4 Å². The number of pyridine rings is 1. The number of aryl methyl sites for hydroxylation is 1. The van der Waals surface area contributed by atoms with Crippen LogP contribution >= 0.6 is 0 Å². The molecule has 2 heterocycles. The van der Waals surface area contributed by atoms with Crippen molar-refractivity contribution in [2.75, 3.05) is 6.54 Å². The third-order valence-corrected chi connectivity index (χ3v) is 8.01. The number of carbonyl (C=O) groups is 1. The van der Waals surface area contributed by atoms with E-state index in [1.54, 1.807) is 6.20 Å². The Balaban J connectivity index is 1.35. The Labute approximate surface area is 241 Å². The van der Waals surface area contributed by atoms with Gasteiger partial charge >= 0.3 is 0 Å². The maximum absolute atomic E-state index is 12.3. The van der Waals surface area contributed by atoms with Gasteiger partial charge < -0.3 is 15.2 Å². The minimum atomic E-state index is -0.171. The number of nitrogens with zero attached hydrogens (tertiary/aromatic N) is 1. The van der Waals surface area contributed by atoms with Crippen molar-refractivity contribution in [1.82, 2.24) is 10.3 Å². The van der Waals surface area contributed by atoms with E-state index < -0.39 is 0 Å². The predicted octanol–water partition coefficient (Wildman–Crippen LogP) is 8.03. The Hall–Kier alpha value is -3.34. The van der Waals surface area contributed by atoms with Crippen molar-refractivity contribution in [2.45, 2.75) is 105 Å². The molecule has 1 unspecified atom stereocenters. The number of allylic oxidation sites excluding steroid dienone is 5. The molecular weight excluding hydrogens is 496 g/mol. The SMILES string of the molecule is C/C(=C\CC/C(C)=C/CCC1(C)CCc2c(C)c(O)cc(C)c2O1)CC/C=C(\C)C(=O)NCCc1ccccn1. The van der Waals surface area contributed by atoms with Gasteiger partial charge in [0, 0.05) is 36.0 Å². The zero-order chi connectivity index (χ0) is 29.1. The van der Waals surface area contributed by atoms with Crippen molar-refractivity contribution in [3.63, 3.8) is 0 Å². The maximum atomic E-state index is 12.3. The van der Waals surface area contributed by atoms with Gasteiger partial charge in [-0.1, -0.05) is 35.4 Å². The van der Waals surface area contributed by atoms with Gasteiger partial charge in [-0.05, 0) is 122 Å². The van der Waals surface area contributed by atoms with Gasteiger partial charge in [0.05, 0.1) is 0 Å². The molecule has 1 atom stereocenters. The summed E-state index contributed by atoms with van der Waals surface area (Å²) in [5.41, 5.74) is 7.50. The molecule has 1 aliphatic heterocycles. The third-order valence-electron chi connectivity index (χ3n) is 8.01. The van der Waals surface area contributed by atoms with Crippen molar-refractivity contribution in [1.29, 1.82) is 0 Å². The van der Waals surface area contributed by atoms with Crippen LogP contribution in [0.5, 0.6) is 11.5 Å². The summed E-state index contributed by atoms with van der Waals surface area (Å²) in [6.07, 6.45) is 17.1. The fourth-order valence-electron chi connectivity index (χ4n) is 5.22. The van der Waals surface area contributed by atoms with Crippen LogP contribution < -0.4 is 10.1 Å². The Kier molecular flexibility index (Phi) is 11.6. The number of benzene rings is 1. The number of rotatable bonds is 13. The van der Waals surface area contributed by atoms with Crippen LogP contribution in [0.4, 0.5) is 0 Å². The van der Waals surface area contributed by atoms with Gasteiger partial charge in [0.15, 0.2) is 0 Å². The normalized spacial score (nSPS) is 17.8. The van der Waals surface area contributed by atoms with Crippen LogP contribution in [0.2, 0.25) is 0 Å². The fourth-order valence-corrected chi connectivity index (χ4v) is 5.22. The molecule has 3 rings (SSSR count). The van der Waals surface area contributed by atoms with Crippen LogP contribution in [0.1, 0.15) is 95.0 Å². The monoisotopic (exact) mass is 544 g/mol. The number of aromatic hydroxyl groups is 1. The van der Waals surface area contributed by atoms with E-state index in [9.17, 15) is 9.90 Å². The summed E-state index contributed by atoms with van der Waals surface area (Å²) >= 11 is 0. The lowest BCUT2D eigenvalue weighted by Gasteiger charge is -2.37. The second-order valence-corrected chi connectivity index (χ2v) is 11.6. The number of fused-ring (bicyclic) bond motifs is 1. The molecule has 40 heavy (non-hydrogen) atoms. The minimum Gasteiger partial charge on any atom is -0.508 e. The fraction of sp³-hybridized carbons (Fsp3) is 0.486. The first-order chi connectivity index (χ1) is 19.1. The highest BCUT2D eigenvalue weighted by atomic mass is 16.5. The summed E-state index contributed by atoms with van der Waals surface area (Å²) in [5.74, 6) is 1.34. The Morgan fingerprint density at radius 2 is 1.77 bits per heavy atom. The highest BCUT2D eigenvalue weighted by Crippen LogP contribution is 2.42. The van der Waals surface area contributed by atoms with Crippen molar-refractivity contribution in [3.8, 4) is 11.5 Å². The van der Waals surface area contributed by atoms with Gasteiger partial charge in [0.25, 0.3) is 0 Å². The van der Waals surface area contributed by atoms with E-state index in [0.29, 0.717) is 12.3 Å². The molecule has 5 heteroatoms. The van der Waals surface area contributed by atoms with Crippen molar-refractivity contribution in [2.24, 2.45) is 0 Å². The van der Waals surface area contributed by atoms with E-state index in [1.807, 2.05) is 51.1 Å². The number of aromatic nitrogens is 1. The summed E-state index contributed by atoms with van der Waals surface area (Å²) in [6, 6.07) is 7.65. The van der Waals surface area contributed by atoms with Crippen molar-refractivity contribution >= 4 is 5.91 Å². The summed E-state index contributed by atoms with van der Waals surface area (Å²) in [7, 11) is 0. The smallest absolute Gasteiger partial charge is 0.246 e. The molecule has 1 aromatic carbocycles. The molecule has 0 radical (unpaired) electrons. The Morgan fingerprint density at radius 3 is 2.48 bits per heavy atom. The van der Waals surface area contributed by atoms with E-state index in [2.05, 4.69) is 43.2 Å². The number of hydrogen-bond donors (Lipinski definition) is 2. The lowest BCUT2D eigenvalue weighted by atomic mass is 9.86. The highest BCUT2D eigenvalue weighted by Gasteiger charge is 2.33. The second-order valence-electron chi connectivity index (χ2n) is 11.6. The number of carbonyl (C=O) groups excluding carboxylic acids is 1. The van der Waals surface area contributed by atoms with E-state index in [4.69, 9.17) is 4.74 Å². The Bertz CT molecular complexity index is 1240. The average Bonchev–Trinajstić information content (AvgIpc) is 2.92. The molecule has 216 valence electrons. The largest absolute Gasteiger partial charge is 0.508 e. The van der Waals surface area contributed by atoms with Gasteiger partial charge in [-0.25, -0.2) is 0 Å². The summed E-state index contributed by atoms with van der Waals surface area (Å²) in [6.45, 7) is 13.1. The zero-order valence-electron chi connectivity index (χ0n) is 25.4. The molecule has 0 aliphatic carbocycles. The highest BCUT2D eigenvalue weighted by molar-refractivity contribution is 5.92. The molecular formula is C35H48N2O3. The van der Waals surface area contributed by atoms with Crippen LogP contribution in [0.25, 0.3) is 0 Å². The molecule has 0 saturated heterocycles. The summed E-state index contributed by atoms with van der Waals surface area (Å²) in [5, 5.41) is 13.1. The lowest BCUT2D eigenvalue weighted by molar-refractivity contribution is -0.117. The van der Waals surface area contributed by atoms with Gasteiger partial charge in [-0.3, -0.25) is 9.78 Å². The molecule has 1 aliphatic rings. The minimum absolute atomic E-state index is 0.000402. The van der Waals surface area contributed by atoms with E-state index in [-0.39, 0.29) is 11.5 Å². The average molecular weight is 545 g/mol. The van der Waals surface area contributed by atoms with Crippen LogP contribution in [-0.4, -0.2) is 28.1 Å². The molecule has 2 N–H and O–H groups in total. The maximum Gasteiger partial charge on any atom is 0.246 e. The number of phenolic OH excluding ortho intramolecular Hbond substituents is 1. The van der Waals surface area contributed by atoms with Gasteiger partial charge in [-0.2, -0.15) is 0 Å². The van der Waals surface area contributed by atoms with Crippen molar-refractivity contribution in [3.05, 3.63) is 87.8 Å². The first-order valence-electron chi connectivity index (χ1n) is 14.7. The summed E-state index contributed by atoms with van der Waals surface area (Å²) in [4.78, 5) is 16.6. The zero-order valence-corrected chi connectivity index (χ0v) is 25.4. The van der Waals surface area contributed by atoms with E-state index in [1.165, 1.54) is 11.1 Å². The number of phenols is 1. The molecule has 0 saturated carbocycles. The predicted molar refractivity (Wildman–Crippen MR) is 165 cm³/mol. The molecule has 0 fully saturated rings. The summed E-state index contributed by atoms with van der Waals surface area (Å²) < 4.78 is 6.50. The molecule has 5 nitrogen and oxygen atoms in total. The number of hydrogen-bond acceptors (Lipinski definition) is 4.